The van der Waals surface area contributed by atoms with Crippen LogP contribution in [-0.2, 0) is 13.0 Å². The van der Waals surface area contributed by atoms with Gasteiger partial charge in [0.2, 0.25) is 0 Å². The van der Waals surface area contributed by atoms with Gasteiger partial charge >= 0.3 is 0 Å². The maximum atomic E-state index is 5.58. The predicted molar refractivity (Wildman–Crippen MR) is 65.1 cm³/mol. The zero-order valence-corrected chi connectivity index (χ0v) is 10.1. The highest BCUT2D eigenvalue weighted by Crippen LogP contribution is 2.39. The van der Waals surface area contributed by atoms with Crippen molar-refractivity contribution in [2.45, 2.75) is 37.5 Å². The fourth-order valence-electron chi connectivity index (χ4n) is 2.17. The molecular weight excluding hydrogens is 206 g/mol. The largest absolute Gasteiger partial charge is 0.333 e. The highest BCUT2D eigenvalue weighted by Gasteiger charge is 2.30. The van der Waals surface area contributed by atoms with Gasteiger partial charge in [-0.1, -0.05) is 0 Å². The first-order valence-electron chi connectivity index (χ1n) is 5.56. The molecule has 1 aromatic rings. The van der Waals surface area contributed by atoms with E-state index in [2.05, 4.69) is 28.2 Å². The van der Waals surface area contributed by atoms with E-state index >= 15 is 0 Å². The Balaban J connectivity index is 2.06. The van der Waals surface area contributed by atoms with E-state index < -0.39 is 0 Å². The molecule has 2 heterocycles. The number of aromatic nitrogens is 2. The van der Waals surface area contributed by atoms with Crippen LogP contribution < -0.4 is 5.73 Å². The second-order valence-electron chi connectivity index (χ2n) is 4.45. The molecule has 0 aliphatic carbocycles. The quantitative estimate of drug-likeness (QED) is 0.847. The first kappa shape index (κ1) is 11.0. The van der Waals surface area contributed by atoms with E-state index in [1.165, 1.54) is 24.3 Å². The van der Waals surface area contributed by atoms with Gasteiger partial charge in [0.05, 0.1) is 6.33 Å². The lowest BCUT2D eigenvalue weighted by atomic mass is 10.1. The SMILES string of the molecule is CC1(Cn2cncc2CCN)CCCS1. The van der Waals surface area contributed by atoms with Crippen LogP contribution in [0.15, 0.2) is 12.5 Å². The smallest absolute Gasteiger partial charge is 0.0948 e. The van der Waals surface area contributed by atoms with Crippen molar-refractivity contribution in [3.05, 3.63) is 18.2 Å². The van der Waals surface area contributed by atoms with Gasteiger partial charge in [0, 0.05) is 29.6 Å². The molecule has 1 aliphatic heterocycles. The van der Waals surface area contributed by atoms with Gasteiger partial charge in [-0.3, -0.25) is 0 Å². The third-order valence-electron chi connectivity index (χ3n) is 3.00. The zero-order valence-electron chi connectivity index (χ0n) is 9.28. The first-order valence-corrected chi connectivity index (χ1v) is 6.55. The Morgan fingerprint density at radius 1 is 1.67 bits per heavy atom. The minimum atomic E-state index is 0.407. The number of nitrogens with two attached hydrogens (primary N) is 1. The average Bonchev–Trinajstić information content (AvgIpc) is 2.78. The molecule has 1 atom stereocenters. The van der Waals surface area contributed by atoms with Crippen LogP contribution in [0.4, 0.5) is 0 Å². The zero-order chi connectivity index (χ0) is 10.7. The van der Waals surface area contributed by atoms with Crippen LogP contribution >= 0.6 is 11.8 Å². The average molecular weight is 225 g/mol. The Hall–Kier alpha value is -0.480. The Kier molecular flexibility index (Phi) is 3.36. The highest BCUT2D eigenvalue weighted by molar-refractivity contribution is 8.00. The molecule has 3 nitrogen and oxygen atoms in total. The number of thioether (sulfide) groups is 1. The molecule has 0 aromatic carbocycles. The lowest BCUT2D eigenvalue weighted by Gasteiger charge is -2.24. The highest BCUT2D eigenvalue weighted by atomic mass is 32.2. The molecule has 15 heavy (non-hydrogen) atoms. The maximum absolute atomic E-state index is 5.58. The molecule has 1 aromatic heterocycles. The van der Waals surface area contributed by atoms with Crippen molar-refractivity contribution in [3.63, 3.8) is 0 Å². The molecule has 1 saturated heterocycles. The second kappa shape index (κ2) is 4.58. The second-order valence-corrected chi connectivity index (χ2v) is 6.14. The summed E-state index contributed by atoms with van der Waals surface area (Å²) in [4.78, 5) is 4.21. The molecule has 0 saturated carbocycles. The minimum Gasteiger partial charge on any atom is -0.333 e. The topological polar surface area (TPSA) is 43.8 Å². The molecule has 0 bridgehead atoms. The number of rotatable bonds is 4. The predicted octanol–water partition coefficient (Wildman–Crippen LogP) is 1.67. The van der Waals surface area contributed by atoms with E-state index in [4.69, 9.17) is 5.73 Å². The standard InChI is InChI=1S/C11H19N3S/c1-11(4-2-6-15-11)8-14-9-13-7-10(14)3-5-12/h7,9H,2-6,8,12H2,1H3. The maximum Gasteiger partial charge on any atom is 0.0948 e. The van der Waals surface area contributed by atoms with E-state index in [9.17, 15) is 0 Å². The first-order chi connectivity index (χ1) is 7.23. The normalized spacial score (nSPS) is 26.0. The van der Waals surface area contributed by atoms with E-state index in [1.54, 1.807) is 0 Å². The Labute approximate surface area is 95.4 Å². The summed E-state index contributed by atoms with van der Waals surface area (Å²) in [5.74, 6) is 1.30. The lowest BCUT2D eigenvalue weighted by Crippen LogP contribution is -2.24. The van der Waals surface area contributed by atoms with Gasteiger partial charge in [-0.25, -0.2) is 4.98 Å². The van der Waals surface area contributed by atoms with Crippen molar-refractivity contribution >= 4 is 11.8 Å². The van der Waals surface area contributed by atoms with Gasteiger partial charge < -0.3 is 10.3 Å². The lowest BCUT2D eigenvalue weighted by molar-refractivity contribution is 0.499. The fraction of sp³-hybridized carbons (Fsp3) is 0.727. The Bertz CT molecular complexity index is 315. The Morgan fingerprint density at radius 2 is 2.53 bits per heavy atom. The molecule has 0 amide bonds. The summed E-state index contributed by atoms with van der Waals surface area (Å²) in [6.45, 7) is 4.14. The number of hydrogen-bond acceptors (Lipinski definition) is 3. The van der Waals surface area contributed by atoms with Crippen molar-refractivity contribution in [1.29, 1.82) is 0 Å². The summed E-state index contributed by atoms with van der Waals surface area (Å²) < 4.78 is 2.68. The molecule has 84 valence electrons. The molecule has 0 spiro atoms. The number of hydrogen-bond donors (Lipinski definition) is 1. The molecule has 4 heteroatoms. The summed E-state index contributed by atoms with van der Waals surface area (Å²) in [5.41, 5.74) is 6.85. The summed E-state index contributed by atoms with van der Waals surface area (Å²) >= 11 is 2.09. The molecular formula is C11H19N3S. The van der Waals surface area contributed by atoms with Gasteiger partial charge in [-0.15, -0.1) is 0 Å². The molecule has 1 fully saturated rings. The van der Waals surface area contributed by atoms with Crippen molar-refractivity contribution < 1.29 is 0 Å². The summed E-state index contributed by atoms with van der Waals surface area (Å²) in [7, 11) is 0. The van der Waals surface area contributed by atoms with E-state index in [0.29, 0.717) is 11.3 Å². The van der Waals surface area contributed by atoms with E-state index in [-0.39, 0.29) is 0 Å². The van der Waals surface area contributed by atoms with Crippen LogP contribution in [0, 0.1) is 0 Å². The Morgan fingerprint density at radius 3 is 3.20 bits per heavy atom. The van der Waals surface area contributed by atoms with E-state index in [0.717, 1.165) is 13.0 Å². The van der Waals surface area contributed by atoms with Gasteiger partial charge in [-0.2, -0.15) is 11.8 Å². The molecule has 2 N–H and O–H groups in total. The van der Waals surface area contributed by atoms with Gasteiger partial charge in [0.25, 0.3) is 0 Å². The summed E-state index contributed by atoms with van der Waals surface area (Å²) in [5, 5.41) is 0. The van der Waals surface area contributed by atoms with Gasteiger partial charge in [0.1, 0.15) is 0 Å². The molecule has 1 unspecified atom stereocenters. The monoisotopic (exact) mass is 225 g/mol. The van der Waals surface area contributed by atoms with Crippen molar-refractivity contribution in [3.8, 4) is 0 Å². The van der Waals surface area contributed by atoms with E-state index in [1.807, 2.05) is 12.5 Å². The third kappa shape index (κ3) is 2.55. The van der Waals surface area contributed by atoms with Gasteiger partial charge in [0.15, 0.2) is 0 Å². The molecule has 2 rings (SSSR count). The van der Waals surface area contributed by atoms with Crippen LogP contribution in [0.3, 0.4) is 0 Å². The number of imidazole rings is 1. The molecule has 0 radical (unpaired) electrons. The summed E-state index contributed by atoms with van der Waals surface area (Å²) in [6.07, 6.45) is 7.48. The van der Waals surface area contributed by atoms with Gasteiger partial charge in [-0.05, 0) is 32.1 Å². The third-order valence-corrected chi connectivity index (χ3v) is 4.53. The van der Waals surface area contributed by atoms with Crippen LogP contribution in [-0.4, -0.2) is 26.6 Å². The van der Waals surface area contributed by atoms with Crippen LogP contribution in [0.25, 0.3) is 0 Å². The van der Waals surface area contributed by atoms with Crippen LogP contribution in [0.1, 0.15) is 25.5 Å². The van der Waals surface area contributed by atoms with Crippen molar-refractivity contribution in [2.24, 2.45) is 5.73 Å². The fourth-order valence-corrected chi connectivity index (χ4v) is 3.47. The van der Waals surface area contributed by atoms with Crippen molar-refractivity contribution in [2.75, 3.05) is 12.3 Å². The number of nitrogens with zero attached hydrogens (tertiary/aromatic N) is 2. The van der Waals surface area contributed by atoms with Crippen LogP contribution in [0.5, 0.6) is 0 Å². The molecule has 1 aliphatic rings. The summed E-state index contributed by atoms with van der Waals surface area (Å²) in [6, 6.07) is 0. The van der Waals surface area contributed by atoms with Crippen LogP contribution in [0.2, 0.25) is 0 Å². The van der Waals surface area contributed by atoms with Crippen molar-refractivity contribution in [1.82, 2.24) is 9.55 Å². The minimum absolute atomic E-state index is 0.407.